The van der Waals surface area contributed by atoms with Crippen LogP contribution in [-0.4, -0.2) is 28.1 Å². The molecule has 0 aliphatic carbocycles. The quantitative estimate of drug-likeness (QED) is 0.802. The fraction of sp³-hybridized carbons (Fsp3) is 0.562. The van der Waals surface area contributed by atoms with Gasteiger partial charge in [-0.15, -0.1) is 11.3 Å². The Morgan fingerprint density at radius 1 is 1.39 bits per heavy atom. The second-order valence-corrected chi connectivity index (χ2v) is 7.22. The van der Waals surface area contributed by atoms with Crippen molar-refractivity contribution in [2.75, 3.05) is 6.61 Å². The molecule has 2 aromatic heterocycles. The molecule has 0 aromatic carbocycles. The van der Waals surface area contributed by atoms with Crippen molar-refractivity contribution in [3.63, 3.8) is 0 Å². The van der Waals surface area contributed by atoms with Crippen LogP contribution in [0.2, 0.25) is 0 Å². The molecular formula is C16H20N2O4S. The van der Waals surface area contributed by atoms with Crippen molar-refractivity contribution >= 4 is 27.8 Å². The van der Waals surface area contributed by atoms with Gasteiger partial charge < -0.3 is 4.74 Å². The van der Waals surface area contributed by atoms with Crippen molar-refractivity contribution in [1.29, 1.82) is 0 Å². The molecule has 0 N–H and O–H groups in total. The van der Waals surface area contributed by atoms with Crippen molar-refractivity contribution in [2.45, 2.75) is 52.3 Å². The third-order valence-corrected chi connectivity index (χ3v) is 5.55. The molecule has 0 amide bonds. The van der Waals surface area contributed by atoms with Gasteiger partial charge in [0.25, 0.3) is 5.56 Å². The highest BCUT2D eigenvalue weighted by atomic mass is 32.1. The first-order valence-corrected chi connectivity index (χ1v) is 8.62. The molecule has 1 fully saturated rings. The first-order valence-electron chi connectivity index (χ1n) is 7.81. The lowest BCUT2D eigenvalue weighted by molar-refractivity contribution is 0.0965. The smallest absolute Gasteiger partial charge is 0.332 e. The summed E-state index contributed by atoms with van der Waals surface area (Å²) in [6, 6.07) is -0.242. The lowest BCUT2D eigenvalue weighted by Crippen LogP contribution is -2.42. The molecule has 3 heterocycles. The van der Waals surface area contributed by atoms with Crippen molar-refractivity contribution in [3.8, 4) is 0 Å². The first kappa shape index (κ1) is 16.1. The lowest BCUT2D eigenvalue weighted by Gasteiger charge is -2.17. The monoisotopic (exact) mass is 336 g/mol. The number of aromatic nitrogens is 2. The largest absolute Gasteiger partial charge is 0.376 e. The lowest BCUT2D eigenvalue weighted by atomic mass is 10.2. The van der Waals surface area contributed by atoms with Crippen molar-refractivity contribution in [2.24, 2.45) is 0 Å². The van der Waals surface area contributed by atoms with Gasteiger partial charge in [0, 0.05) is 12.6 Å². The highest BCUT2D eigenvalue weighted by molar-refractivity contribution is 7.20. The fourth-order valence-corrected chi connectivity index (χ4v) is 4.22. The molecule has 1 aliphatic rings. The number of aryl methyl sites for hydroxylation is 1. The third kappa shape index (κ3) is 2.57. The number of carbonyl (C=O) groups excluding carboxylic acids is 1. The van der Waals surface area contributed by atoms with Crippen LogP contribution in [0.4, 0.5) is 0 Å². The Kier molecular flexibility index (Phi) is 4.25. The summed E-state index contributed by atoms with van der Waals surface area (Å²) >= 11 is 1.21. The number of nitrogens with zero attached hydrogens (tertiary/aromatic N) is 2. The average molecular weight is 336 g/mol. The van der Waals surface area contributed by atoms with E-state index in [0.29, 0.717) is 33.8 Å². The van der Waals surface area contributed by atoms with E-state index in [9.17, 15) is 14.4 Å². The van der Waals surface area contributed by atoms with Crippen LogP contribution < -0.4 is 11.2 Å². The van der Waals surface area contributed by atoms with Gasteiger partial charge >= 0.3 is 5.69 Å². The Balaban J connectivity index is 2.33. The topological polar surface area (TPSA) is 70.3 Å². The predicted molar refractivity (Wildman–Crippen MR) is 89.8 cm³/mol. The summed E-state index contributed by atoms with van der Waals surface area (Å²) < 4.78 is 8.52. The number of aldehydes is 1. The summed E-state index contributed by atoms with van der Waals surface area (Å²) in [7, 11) is 0. The number of ether oxygens (including phenoxy) is 1. The Hall–Kier alpha value is -1.73. The van der Waals surface area contributed by atoms with E-state index < -0.39 is 0 Å². The van der Waals surface area contributed by atoms with E-state index in [4.69, 9.17) is 4.74 Å². The summed E-state index contributed by atoms with van der Waals surface area (Å²) in [5.74, 6) is 0. The zero-order chi connectivity index (χ0) is 16.7. The van der Waals surface area contributed by atoms with Gasteiger partial charge in [-0.2, -0.15) is 0 Å². The van der Waals surface area contributed by atoms with Crippen molar-refractivity contribution < 1.29 is 9.53 Å². The van der Waals surface area contributed by atoms with Gasteiger partial charge in [-0.1, -0.05) is 0 Å². The van der Waals surface area contributed by atoms with Gasteiger partial charge in [-0.25, -0.2) is 4.79 Å². The SMILES string of the molecule is Cc1c(C=O)sc2c1c(=O)n(C(C)C)c(=O)n2CC1CCCO1. The molecule has 0 saturated carbocycles. The molecule has 0 radical (unpaired) electrons. The van der Waals surface area contributed by atoms with E-state index in [-0.39, 0.29) is 23.4 Å². The summed E-state index contributed by atoms with van der Waals surface area (Å²) in [5, 5.41) is 0.475. The van der Waals surface area contributed by atoms with E-state index in [1.807, 2.05) is 13.8 Å². The number of rotatable bonds is 4. The van der Waals surface area contributed by atoms with Gasteiger partial charge in [0.05, 0.1) is 22.9 Å². The maximum atomic E-state index is 12.8. The molecule has 1 unspecified atom stereocenters. The first-order chi connectivity index (χ1) is 11.0. The van der Waals surface area contributed by atoms with Gasteiger partial charge in [-0.3, -0.25) is 18.7 Å². The van der Waals surface area contributed by atoms with E-state index in [2.05, 4.69) is 0 Å². The number of hydrogen-bond acceptors (Lipinski definition) is 5. The Bertz CT molecular complexity index is 869. The van der Waals surface area contributed by atoms with Crippen LogP contribution in [0.5, 0.6) is 0 Å². The van der Waals surface area contributed by atoms with Crippen LogP contribution in [-0.2, 0) is 11.3 Å². The summed E-state index contributed by atoms with van der Waals surface area (Å²) in [4.78, 5) is 37.9. The summed E-state index contributed by atoms with van der Waals surface area (Å²) in [5.41, 5.74) is 0.0117. The molecule has 3 rings (SSSR count). The van der Waals surface area contributed by atoms with Crippen LogP contribution in [0.15, 0.2) is 9.59 Å². The second kappa shape index (κ2) is 6.05. The zero-order valence-electron chi connectivity index (χ0n) is 13.5. The van der Waals surface area contributed by atoms with Crippen LogP contribution in [0.25, 0.3) is 10.2 Å². The molecule has 1 atom stereocenters. The minimum atomic E-state index is -0.327. The van der Waals surface area contributed by atoms with Gasteiger partial charge in [0.1, 0.15) is 4.83 Å². The molecule has 1 aliphatic heterocycles. The normalized spacial score (nSPS) is 18.2. The second-order valence-electron chi connectivity index (χ2n) is 6.19. The number of thiophene rings is 1. The van der Waals surface area contributed by atoms with E-state index >= 15 is 0 Å². The minimum Gasteiger partial charge on any atom is -0.376 e. The van der Waals surface area contributed by atoms with Crippen LogP contribution in [0.3, 0.4) is 0 Å². The highest BCUT2D eigenvalue weighted by Gasteiger charge is 2.24. The Labute approximate surface area is 137 Å². The van der Waals surface area contributed by atoms with E-state index in [1.165, 1.54) is 15.9 Å². The molecular weight excluding hydrogens is 316 g/mol. The molecule has 0 bridgehead atoms. The van der Waals surface area contributed by atoms with Gasteiger partial charge in [0.15, 0.2) is 6.29 Å². The van der Waals surface area contributed by atoms with E-state index in [1.54, 1.807) is 11.5 Å². The van der Waals surface area contributed by atoms with Crippen LogP contribution in [0, 0.1) is 6.92 Å². The number of hydrogen-bond donors (Lipinski definition) is 0. The highest BCUT2D eigenvalue weighted by Crippen LogP contribution is 2.27. The average Bonchev–Trinajstić information content (AvgIpc) is 3.10. The molecule has 0 spiro atoms. The summed E-state index contributed by atoms with van der Waals surface area (Å²) in [6.45, 7) is 6.51. The summed E-state index contributed by atoms with van der Waals surface area (Å²) in [6.07, 6.45) is 2.62. The van der Waals surface area contributed by atoms with E-state index in [0.717, 1.165) is 19.1 Å². The fourth-order valence-electron chi connectivity index (χ4n) is 3.10. The Morgan fingerprint density at radius 3 is 2.70 bits per heavy atom. The third-order valence-electron chi connectivity index (χ3n) is 4.31. The molecule has 7 heteroatoms. The number of carbonyl (C=O) groups is 1. The molecule has 2 aromatic rings. The maximum absolute atomic E-state index is 12.8. The van der Waals surface area contributed by atoms with Crippen LogP contribution >= 0.6 is 11.3 Å². The number of fused-ring (bicyclic) bond motifs is 1. The standard InChI is InChI=1S/C16H20N2O4S/c1-9(2)18-14(20)13-10(3)12(8-19)23-15(13)17(16(18)21)7-11-5-4-6-22-11/h8-9,11H,4-7H2,1-3H3. The molecule has 124 valence electrons. The molecule has 1 saturated heterocycles. The van der Waals surface area contributed by atoms with Gasteiger partial charge in [-0.05, 0) is 39.2 Å². The zero-order valence-corrected chi connectivity index (χ0v) is 14.3. The van der Waals surface area contributed by atoms with Crippen molar-refractivity contribution in [3.05, 3.63) is 31.3 Å². The molecule has 23 heavy (non-hydrogen) atoms. The predicted octanol–water partition coefficient (Wildman–Crippen LogP) is 2.11. The maximum Gasteiger partial charge on any atom is 0.332 e. The Morgan fingerprint density at radius 2 is 2.13 bits per heavy atom. The van der Waals surface area contributed by atoms with Gasteiger partial charge in [0.2, 0.25) is 0 Å². The molecule has 6 nitrogen and oxygen atoms in total. The van der Waals surface area contributed by atoms with Crippen LogP contribution in [0.1, 0.15) is 48.0 Å². The minimum absolute atomic E-state index is 0.0175. The van der Waals surface area contributed by atoms with Crippen molar-refractivity contribution in [1.82, 2.24) is 9.13 Å².